The molecule has 3 nitrogen and oxygen atoms in total. The molecule has 1 aromatic carbocycles. The number of rotatable bonds is 4. The van der Waals surface area contributed by atoms with E-state index in [0.29, 0.717) is 12.2 Å². The molecule has 0 atom stereocenters. The third-order valence-electron chi connectivity index (χ3n) is 3.46. The van der Waals surface area contributed by atoms with Crippen LogP contribution in [0.5, 0.6) is 5.75 Å². The van der Waals surface area contributed by atoms with Crippen molar-refractivity contribution in [3.63, 3.8) is 0 Å². The fourth-order valence-corrected chi connectivity index (χ4v) is 2.13. The van der Waals surface area contributed by atoms with Crippen molar-refractivity contribution in [3.8, 4) is 5.75 Å². The maximum atomic E-state index is 12.4. The molecule has 0 aliphatic carbocycles. The van der Waals surface area contributed by atoms with Crippen LogP contribution in [0.2, 0.25) is 0 Å². The number of anilines is 1. The highest BCUT2D eigenvalue weighted by atomic mass is 19.4. The molecule has 6 heteroatoms. The third-order valence-corrected chi connectivity index (χ3v) is 3.46. The van der Waals surface area contributed by atoms with Gasteiger partial charge in [0.25, 0.3) is 0 Å². The van der Waals surface area contributed by atoms with Crippen molar-refractivity contribution in [1.29, 1.82) is 0 Å². The van der Waals surface area contributed by atoms with Gasteiger partial charge < -0.3 is 14.6 Å². The second kappa shape index (κ2) is 5.71. The van der Waals surface area contributed by atoms with Crippen LogP contribution in [0, 0.1) is 13.8 Å². The van der Waals surface area contributed by atoms with E-state index >= 15 is 0 Å². The molecule has 1 N–H and O–H groups in total. The minimum Gasteiger partial charge on any atom is -0.404 e. The topological polar surface area (TPSA) is 26.2 Å². The lowest BCUT2D eigenvalue weighted by Gasteiger charge is -2.14. The highest BCUT2D eigenvalue weighted by molar-refractivity contribution is 5.56. The van der Waals surface area contributed by atoms with Crippen molar-refractivity contribution >= 4 is 5.69 Å². The zero-order chi connectivity index (χ0) is 15.6. The maximum absolute atomic E-state index is 12.4. The Kier molecular flexibility index (Phi) is 4.16. The monoisotopic (exact) mass is 298 g/mol. The summed E-state index contributed by atoms with van der Waals surface area (Å²) in [6, 6.07) is 8.03. The molecule has 0 aliphatic rings. The first-order valence-electron chi connectivity index (χ1n) is 6.48. The summed E-state index contributed by atoms with van der Waals surface area (Å²) in [6.07, 6.45) is -4.70. The standard InChI is InChI=1S/C15H17F3N2O/c1-10-8-12(11(2)20(10)3)9-19-13-6-4-5-7-14(13)21-15(16,17)18/h4-8,19H,9H2,1-3H3. The first-order valence-corrected chi connectivity index (χ1v) is 6.48. The molecule has 0 amide bonds. The van der Waals surface area contributed by atoms with Gasteiger partial charge in [-0.05, 0) is 37.6 Å². The molecule has 0 saturated heterocycles. The summed E-state index contributed by atoms with van der Waals surface area (Å²) < 4.78 is 43.1. The zero-order valence-electron chi connectivity index (χ0n) is 12.1. The van der Waals surface area contributed by atoms with Crippen molar-refractivity contribution in [2.24, 2.45) is 7.05 Å². The number of alkyl halides is 3. The van der Waals surface area contributed by atoms with Crippen LogP contribution in [0.15, 0.2) is 30.3 Å². The summed E-state index contributed by atoms with van der Waals surface area (Å²) in [6.45, 7) is 4.39. The molecule has 1 aromatic heterocycles. The Balaban J connectivity index is 2.15. The van der Waals surface area contributed by atoms with Crippen molar-refractivity contribution in [2.45, 2.75) is 26.8 Å². The van der Waals surface area contributed by atoms with E-state index in [1.54, 1.807) is 12.1 Å². The molecular weight excluding hydrogens is 281 g/mol. The Hall–Kier alpha value is -2.11. The Bertz CT molecular complexity index is 632. The van der Waals surface area contributed by atoms with Crippen LogP contribution in [0.1, 0.15) is 17.0 Å². The average molecular weight is 298 g/mol. The number of benzene rings is 1. The lowest BCUT2D eigenvalue weighted by molar-refractivity contribution is -0.274. The third kappa shape index (κ3) is 3.71. The van der Waals surface area contributed by atoms with Crippen LogP contribution < -0.4 is 10.1 Å². The van der Waals surface area contributed by atoms with Crippen LogP contribution in [-0.4, -0.2) is 10.9 Å². The van der Waals surface area contributed by atoms with Crippen molar-refractivity contribution in [2.75, 3.05) is 5.32 Å². The fraction of sp³-hybridized carbons (Fsp3) is 0.333. The molecule has 21 heavy (non-hydrogen) atoms. The number of ether oxygens (including phenoxy) is 1. The van der Waals surface area contributed by atoms with Gasteiger partial charge in [-0.25, -0.2) is 0 Å². The van der Waals surface area contributed by atoms with E-state index in [1.807, 2.05) is 31.5 Å². The number of para-hydroxylation sites is 2. The lowest BCUT2D eigenvalue weighted by atomic mass is 10.2. The first kappa shape index (κ1) is 15.3. The second-order valence-electron chi connectivity index (χ2n) is 4.85. The maximum Gasteiger partial charge on any atom is 0.573 e. The highest BCUT2D eigenvalue weighted by Gasteiger charge is 2.32. The van der Waals surface area contributed by atoms with E-state index in [1.165, 1.54) is 12.1 Å². The van der Waals surface area contributed by atoms with Crippen LogP contribution in [0.3, 0.4) is 0 Å². The van der Waals surface area contributed by atoms with E-state index < -0.39 is 6.36 Å². The summed E-state index contributed by atoms with van der Waals surface area (Å²) in [5, 5.41) is 3.00. The molecule has 2 rings (SSSR count). The molecule has 114 valence electrons. The molecule has 0 aliphatic heterocycles. The van der Waals surface area contributed by atoms with Gasteiger partial charge in [0, 0.05) is 25.0 Å². The van der Waals surface area contributed by atoms with Gasteiger partial charge in [0.15, 0.2) is 5.75 Å². The average Bonchev–Trinajstić information content (AvgIpc) is 2.63. The minimum atomic E-state index is -4.70. The van der Waals surface area contributed by atoms with E-state index in [9.17, 15) is 13.2 Å². The molecule has 0 unspecified atom stereocenters. The van der Waals surface area contributed by atoms with E-state index in [0.717, 1.165) is 17.0 Å². The number of halogens is 3. The Morgan fingerprint density at radius 3 is 2.43 bits per heavy atom. The van der Waals surface area contributed by atoms with Gasteiger partial charge in [0.05, 0.1) is 5.69 Å². The first-order chi connectivity index (χ1) is 9.78. The number of nitrogens with zero attached hydrogens (tertiary/aromatic N) is 1. The van der Waals surface area contributed by atoms with Crippen LogP contribution in [-0.2, 0) is 13.6 Å². The van der Waals surface area contributed by atoms with E-state index in [-0.39, 0.29) is 5.75 Å². The van der Waals surface area contributed by atoms with Gasteiger partial charge in [-0.2, -0.15) is 0 Å². The normalized spacial score (nSPS) is 11.5. The summed E-state index contributed by atoms with van der Waals surface area (Å²) >= 11 is 0. The van der Waals surface area contributed by atoms with Gasteiger partial charge in [-0.15, -0.1) is 13.2 Å². The Morgan fingerprint density at radius 2 is 1.86 bits per heavy atom. The van der Waals surface area contributed by atoms with E-state index in [2.05, 4.69) is 10.1 Å². The van der Waals surface area contributed by atoms with Crippen molar-refractivity contribution in [3.05, 3.63) is 47.3 Å². The second-order valence-corrected chi connectivity index (χ2v) is 4.85. The van der Waals surface area contributed by atoms with Crippen molar-refractivity contribution in [1.82, 2.24) is 4.57 Å². The zero-order valence-corrected chi connectivity index (χ0v) is 12.1. The SMILES string of the molecule is Cc1cc(CNc2ccccc2OC(F)(F)F)c(C)n1C. The number of aryl methyl sites for hydroxylation is 1. The molecule has 0 saturated carbocycles. The predicted molar refractivity (Wildman–Crippen MR) is 75.3 cm³/mol. The Morgan fingerprint density at radius 1 is 1.19 bits per heavy atom. The number of hydrogen-bond acceptors (Lipinski definition) is 2. The molecule has 0 fully saturated rings. The van der Waals surface area contributed by atoms with Gasteiger partial charge in [-0.1, -0.05) is 12.1 Å². The summed E-state index contributed by atoms with van der Waals surface area (Å²) in [5.74, 6) is -0.227. The minimum absolute atomic E-state index is 0.227. The van der Waals surface area contributed by atoms with E-state index in [4.69, 9.17) is 0 Å². The number of aromatic nitrogens is 1. The van der Waals surface area contributed by atoms with Gasteiger partial charge in [0.1, 0.15) is 0 Å². The highest BCUT2D eigenvalue weighted by Crippen LogP contribution is 2.30. The summed E-state index contributed by atoms with van der Waals surface area (Å²) in [7, 11) is 1.95. The molecule has 2 aromatic rings. The van der Waals surface area contributed by atoms with Crippen LogP contribution >= 0.6 is 0 Å². The predicted octanol–water partition coefficient (Wildman–Crippen LogP) is 4.15. The molecule has 0 radical (unpaired) electrons. The largest absolute Gasteiger partial charge is 0.573 e. The van der Waals surface area contributed by atoms with Gasteiger partial charge in [0.2, 0.25) is 0 Å². The quantitative estimate of drug-likeness (QED) is 0.917. The molecule has 1 heterocycles. The van der Waals surface area contributed by atoms with Crippen LogP contribution in [0.4, 0.5) is 18.9 Å². The van der Waals surface area contributed by atoms with Gasteiger partial charge in [-0.3, -0.25) is 0 Å². The fourth-order valence-electron chi connectivity index (χ4n) is 2.13. The van der Waals surface area contributed by atoms with Crippen molar-refractivity contribution < 1.29 is 17.9 Å². The lowest BCUT2D eigenvalue weighted by Crippen LogP contribution is -2.18. The number of hydrogen-bond donors (Lipinski definition) is 1. The smallest absolute Gasteiger partial charge is 0.404 e. The number of nitrogens with one attached hydrogen (secondary N) is 1. The summed E-state index contributed by atoms with van der Waals surface area (Å²) in [5.41, 5.74) is 3.53. The summed E-state index contributed by atoms with van der Waals surface area (Å²) in [4.78, 5) is 0. The van der Waals surface area contributed by atoms with Gasteiger partial charge >= 0.3 is 6.36 Å². The van der Waals surface area contributed by atoms with Crippen LogP contribution in [0.25, 0.3) is 0 Å². The Labute approximate surface area is 121 Å². The molecule has 0 bridgehead atoms. The molecule has 0 spiro atoms. The molecular formula is C15H17F3N2O.